The average Bonchev–Trinajstić information content (AvgIpc) is 3.58. The highest BCUT2D eigenvalue weighted by molar-refractivity contribution is 7.10. The molecular weight excluding hydrogens is 577 g/mol. The summed E-state index contributed by atoms with van der Waals surface area (Å²) in [7, 11) is 0. The molecule has 2 N–H and O–H groups in total. The molecule has 1 aromatic carbocycles. The smallest absolute Gasteiger partial charge is 0.321 e. The quantitative estimate of drug-likeness (QED) is 0.283. The summed E-state index contributed by atoms with van der Waals surface area (Å²) in [5.74, 6) is 1.19. The highest BCUT2D eigenvalue weighted by Gasteiger charge is 2.32. The van der Waals surface area contributed by atoms with Crippen LogP contribution in [0.4, 0.5) is 35.6 Å². The molecule has 0 atom stereocenters. The number of amides is 1. The first kappa shape index (κ1) is 28.2. The van der Waals surface area contributed by atoms with Gasteiger partial charge in [-0.15, -0.1) is 12.4 Å². The van der Waals surface area contributed by atoms with Crippen LogP contribution in [0.1, 0.15) is 38.4 Å². The minimum Gasteiger partial charge on any atom is -0.321 e. The van der Waals surface area contributed by atoms with E-state index >= 15 is 0 Å². The van der Waals surface area contributed by atoms with E-state index in [0.29, 0.717) is 24.7 Å². The molecule has 0 bridgehead atoms. The van der Waals surface area contributed by atoms with Crippen molar-refractivity contribution in [2.24, 2.45) is 4.99 Å². The maximum atomic E-state index is 13.1. The van der Waals surface area contributed by atoms with Crippen LogP contribution in [0, 0.1) is 13.8 Å². The number of aromatic nitrogens is 4. The third-order valence-corrected chi connectivity index (χ3v) is 7.20. The molecule has 1 amide bonds. The number of nitrogens with one attached hydrogen (secondary N) is 2. The fraction of sp³-hybridized carbons (Fsp3) is 0.185. The summed E-state index contributed by atoms with van der Waals surface area (Å²) < 4.78 is 43.6. The van der Waals surface area contributed by atoms with Crippen molar-refractivity contribution in [2.75, 3.05) is 28.6 Å². The first-order valence-corrected chi connectivity index (χ1v) is 13.0. The number of halogens is 4. The molecule has 0 unspecified atom stereocenters. The van der Waals surface area contributed by atoms with Crippen molar-refractivity contribution >= 4 is 69.8 Å². The van der Waals surface area contributed by atoms with Gasteiger partial charge in [0, 0.05) is 35.8 Å². The summed E-state index contributed by atoms with van der Waals surface area (Å²) in [6.07, 6.45) is 0.0942. The van der Waals surface area contributed by atoms with Crippen molar-refractivity contribution in [2.45, 2.75) is 20.0 Å². The van der Waals surface area contributed by atoms with Crippen LogP contribution >= 0.6 is 23.9 Å². The number of pyridine rings is 1. The normalized spacial score (nSPS) is 13.9. The second-order valence-electron chi connectivity index (χ2n) is 9.26. The number of aryl methyl sites for hydroxylation is 2. The molecule has 14 heteroatoms. The van der Waals surface area contributed by atoms with Crippen LogP contribution < -0.4 is 15.5 Å². The zero-order chi connectivity index (χ0) is 28.0. The Morgan fingerprint density at radius 1 is 1.10 bits per heavy atom. The summed E-state index contributed by atoms with van der Waals surface area (Å²) in [6, 6.07) is 8.78. The third-order valence-electron chi connectivity index (χ3n) is 6.40. The van der Waals surface area contributed by atoms with Crippen LogP contribution in [-0.4, -0.2) is 44.2 Å². The number of alkyl halides is 3. The SMILES string of the molecule is Cc1cc(Nc2ncc3c(n2)N2CCN=C2C(c2cc(NC(=O)c4cc(C(F)(F)F)ccn4)ccc2C)=C3)sn1.Cl. The van der Waals surface area contributed by atoms with Crippen molar-refractivity contribution in [1.82, 2.24) is 19.3 Å². The van der Waals surface area contributed by atoms with Gasteiger partial charge >= 0.3 is 6.18 Å². The lowest BCUT2D eigenvalue weighted by Gasteiger charge is -2.28. The highest BCUT2D eigenvalue weighted by Crippen LogP contribution is 2.37. The fourth-order valence-corrected chi connectivity index (χ4v) is 5.17. The number of rotatable bonds is 5. The van der Waals surface area contributed by atoms with Crippen LogP contribution in [0.5, 0.6) is 0 Å². The number of nitrogens with zero attached hydrogens (tertiary/aromatic N) is 6. The molecule has 210 valence electrons. The van der Waals surface area contributed by atoms with Crippen LogP contribution in [0.15, 0.2) is 53.8 Å². The molecule has 2 aliphatic rings. The number of amidine groups is 1. The average molecular weight is 599 g/mol. The molecule has 0 fully saturated rings. The van der Waals surface area contributed by atoms with Gasteiger partial charge in [0.2, 0.25) is 5.95 Å². The Kier molecular flexibility index (Phi) is 7.49. The third kappa shape index (κ3) is 5.63. The van der Waals surface area contributed by atoms with E-state index in [4.69, 9.17) is 9.98 Å². The largest absolute Gasteiger partial charge is 0.416 e. The Hall–Kier alpha value is -4.36. The minimum atomic E-state index is -4.58. The number of carbonyl (C=O) groups excluding carboxylic acids is 1. The van der Waals surface area contributed by atoms with E-state index < -0.39 is 17.6 Å². The van der Waals surface area contributed by atoms with E-state index in [-0.39, 0.29) is 18.1 Å². The van der Waals surface area contributed by atoms with Gasteiger partial charge in [0.25, 0.3) is 5.91 Å². The highest BCUT2D eigenvalue weighted by atomic mass is 35.5. The maximum absolute atomic E-state index is 13.1. The van der Waals surface area contributed by atoms with E-state index in [9.17, 15) is 18.0 Å². The van der Waals surface area contributed by atoms with E-state index in [1.807, 2.05) is 37.0 Å². The zero-order valence-electron chi connectivity index (χ0n) is 21.7. The van der Waals surface area contributed by atoms with Gasteiger partial charge in [-0.25, -0.2) is 4.98 Å². The number of aliphatic imine (C=N–C) groups is 1. The molecule has 0 spiro atoms. The van der Waals surface area contributed by atoms with Gasteiger partial charge in [-0.3, -0.25) is 14.8 Å². The lowest BCUT2D eigenvalue weighted by Crippen LogP contribution is -2.32. The minimum absolute atomic E-state index is 0. The lowest BCUT2D eigenvalue weighted by molar-refractivity contribution is -0.137. The molecular formula is C27H22ClF3N8OS. The summed E-state index contributed by atoms with van der Waals surface area (Å²) in [4.78, 5) is 32.5. The molecule has 6 rings (SSSR count). The number of hydrogen-bond donors (Lipinski definition) is 2. The van der Waals surface area contributed by atoms with Gasteiger partial charge in [-0.2, -0.15) is 22.5 Å². The number of hydrogen-bond acceptors (Lipinski definition) is 9. The van der Waals surface area contributed by atoms with E-state index in [1.165, 1.54) is 11.5 Å². The first-order valence-electron chi connectivity index (χ1n) is 12.2. The number of fused-ring (bicyclic) bond motifs is 3. The van der Waals surface area contributed by atoms with Gasteiger partial charge in [0.05, 0.1) is 17.8 Å². The molecule has 0 radical (unpaired) electrons. The fourth-order valence-electron chi connectivity index (χ4n) is 4.51. The summed E-state index contributed by atoms with van der Waals surface area (Å²) in [5, 5.41) is 6.71. The predicted molar refractivity (Wildman–Crippen MR) is 155 cm³/mol. The molecule has 2 aliphatic heterocycles. The van der Waals surface area contributed by atoms with Crippen molar-refractivity contribution in [1.29, 1.82) is 0 Å². The Balaban J connectivity index is 0.00000337. The second kappa shape index (κ2) is 10.9. The van der Waals surface area contributed by atoms with E-state index in [0.717, 1.165) is 62.9 Å². The monoisotopic (exact) mass is 598 g/mol. The topological polar surface area (TPSA) is 108 Å². The molecule has 0 aliphatic carbocycles. The summed E-state index contributed by atoms with van der Waals surface area (Å²) >= 11 is 1.33. The standard InChI is InChI=1S/C27H21F3N8OS.ClH/c1-14-3-4-18(34-25(39)21-11-17(5-6-31-21)27(28,29)30)12-19(14)20-10-16-13-33-26(35-22-9-15(2)37-40-22)36-23(16)38-8-7-32-24(20)38;/h3-6,9-13H,7-8H2,1-2H3,(H,34,39)(H,33,35,36);1H. The van der Waals surface area contributed by atoms with Crippen molar-refractivity contribution in [3.63, 3.8) is 0 Å². The van der Waals surface area contributed by atoms with Crippen LogP contribution in [0.3, 0.4) is 0 Å². The van der Waals surface area contributed by atoms with Crippen molar-refractivity contribution in [3.05, 3.63) is 82.4 Å². The van der Waals surface area contributed by atoms with E-state index in [1.54, 1.807) is 18.3 Å². The molecule has 9 nitrogen and oxygen atoms in total. The maximum Gasteiger partial charge on any atom is 0.416 e. The van der Waals surface area contributed by atoms with Gasteiger partial charge in [-0.05, 0) is 72.9 Å². The molecule has 0 saturated carbocycles. The Bertz CT molecular complexity index is 1720. The molecule has 4 aromatic rings. The van der Waals surface area contributed by atoms with Gasteiger partial charge in [0.1, 0.15) is 22.3 Å². The molecule has 3 aromatic heterocycles. The summed E-state index contributed by atoms with van der Waals surface area (Å²) in [6.45, 7) is 5.08. The van der Waals surface area contributed by atoms with Crippen LogP contribution in [-0.2, 0) is 6.18 Å². The summed E-state index contributed by atoms with van der Waals surface area (Å²) in [5.41, 5.74) is 3.44. The Labute approximate surface area is 242 Å². The molecule has 0 saturated heterocycles. The molecule has 41 heavy (non-hydrogen) atoms. The van der Waals surface area contributed by atoms with Crippen molar-refractivity contribution in [3.8, 4) is 0 Å². The number of benzene rings is 1. The van der Waals surface area contributed by atoms with Crippen LogP contribution in [0.25, 0.3) is 11.6 Å². The Morgan fingerprint density at radius 2 is 1.93 bits per heavy atom. The number of anilines is 4. The Morgan fingerprint density at radius 3 is 2.68 bits per heavy atom. The zero-order valence-corrected chi connectivity index (χ0v) is 23.3. The first-order chi connectivity index (χ1) is 19.2. The second-order valence-corrected chi connectivity index (χ2v) is 10.1. The van der Waals surface area contributed by atoms with Crippen molar-refractivity contribution < 1.29 is 18.0 Å². The van der Waals surface area contributed by atoms with Gasteiger partial charge in [0.15, 0.2) is 0 Å². The van der Waals surface area contributed by atoms with Gasteiger partial charge in [-0.1, -0.05) is 6.07 Å². The van der Waals surface area contributed by atoms with E-state index in [2.05, 4.69) is 25.0 Å². The molecule has 5 heterocycles. The predicted octanol–water partition coefficient (Wildman–Crippen LogP) is 6.15. The lowest BCUT2D eigenvalue weighted by atomic mass is 9.94. The van der Waals surface area contributed by atoms with Crippen LogP contribution in [0.2, 0.25) is 0 Å². The van der Waals surface area contributed by atoms with Gasteiger partial charge < -0.3 is 15.5 Å². The number of carbonyl (C=O) groups is 1.